The van der Waals surface area contributed by atoms with Crippen LogP contribution in [-0.4, -0.2) is 51.8 Å². The van der Waals surface area contributed by atoms with E-state index >= 15 is 0 Å². The number of hydrogen-bond donors (Lipinski definition) is 5. The van der Waals surface area contributed by atoms with Crippen molar-refractivity contribution < 1.29 is 30.0 Å². The van der Waals surface area contributed by atoms with E-state index in [1.54, 1.807) is 13.8 Å². The smallest absolute Gasteiger partial charge is 0.339 e. The molecule has 0 saturated heterocycles. The summed E-state index contributed by atoms with van der Waals surface area (Å²) in [6, 6.07) is 3.87. The number of aromatic hydroxyl groups is 1. The van der Waals surface area contributed by atoms with Gasteiger partial charge in [-0.15, -0.1) is 0 Å². The summed E-state index contributed by atoms with van der Waals surface area (Å²) in [5.74, 6) is -1.47. The molecule has 0 aromatic heterocycles. The summed E-state index contributed by atoms with van der Waals surface area (Å²) >= 11 is 0. The molecule has 0 heterocycles. The number of carbonyl (C=O) groups is 1. The van der Waals surface area contributed by atoms with Crippen molar-refractivity contribution >= 4 is 11.7 Å². The van der Waals surface area contributed by atoms with Gasteiger partial charge in [0.25, 0.3) is 0 Å². The van der Waals surface area contributed by atoms with Crippen molar-refractivity contribution in [3.05, 3.63) is 23.8 Å². The van der Waals surface area contributed by atoms with Crippen LogP contribution in [-0.2, 0) is 4.74 Å². The number of aliphatic hydroxyl groups is 2. The topological polar surface area (TPSA) is 133 Å². The molecule has 7 heteroatoms. The SMILES string of the molecule is CC(O)COC(C)CO.Nc1ccc(C(=O)O)c(O)c1. The van der Waals surface area contributed by atoms with E-state index in [1.165, 1.54) is 18.2 Å². The number of aromatic carboxylic acids is 1. The molecule has 1 aromatic carbocycles. The summed E-state index contributed by atoms with van der Waals surface area (Å²) < 4.78 is 4.95. The standard InChI is InChI=1S/C7H7NO3.C6H14O3/c8-4-1-2-5(7(10)11)6(9)3-4;1-5(8)4-9-6(2)3-7/h1-3,9H,8H2,(H,10,11);5-8H,3-4H2,1-2H3. The first-order valence-electron chi connectivity index (χ1n) is 6.00. The zero-order chi connectivity index (χ0) is 15.7. The van der Waals surface area contributed by atoms with E-state index in [4.69, 9.17) is 30.9 Å². The van der Waals surface area contributed by atoms with Gasteiger partial charge in [0, 0.05) is 11.8 Å². The normalized spacial score (nSPS) is 13.0. The lowest BCUT2D eigenvalue weighted by atomic mass is 10.2. The van der Waals surface area contributed by atoms with E-state index < -0.39 is 12.1 Å². The first-order chi connectivity index (χ1) is 9.27. The first-order valence-corrected chi connectivity index (χ1v) is 6.00. The van der Waals surface area contributed by atoms with Crippen LogP contribution in [0.2, 0.25) is 0 Å². The Balaban J connectivity index is 0.000000370. The third-order valence-corrected chi connectivity index (χ3v) is 2.13. The van der Waals surface area contributed by atoms with Gasteiger partial charge in [-0.25, -0.2) is 4.79 Å². The van der Waals surface area contributed by atoms with Crippen LogP contribution in [0, 0.1) is 0 Å². The maximum Gasteiger partial charge on any atom is 0.339 e. The monoisotopic (exact) mass is 287 g/mol. The van der Waals surface area contributed by atoms with Crippen molar-refractivity contribution in [3.8, 4) is 5.75 Å². The van der Waals surface area contributed by atoms with Gasteiger partial charge in [-0.05, 0) is 26.0 Å². The third-order valence-electron chi connectivity index (χ3n) is 2.13. The maximum absolute atomic E-state index is 10.3. The second-order valence-corrected chi connectivity index (χ2v) is 4.26. The van der Waals surface area contributed by atoms with Crippen LogP contribution in [0.25, 0.3) is 0 Å². The van der Waals surface area contributed by atoms with Crippen molar-refractivity contribution in [2.45, 2.75) is 26.1 Å². The second kappa shape index (κ2) is 9.13. The number of carboxylic acid groups (broad SMARTS) is 1. The van der Waals surface area contributed by atoms with Crippen LogP contribution in [0.1, 0.15) is 24.2 Å². The number of ether oxygens (including phenoxy) is 1. The number of carboxylic acids is 1. The fraction of sp³-hybridized carbons (Fsp3) is 0.462. The van der Waals surface area contributed by atoms with Crippen LogP contribution >= 0.6 is 0 Å². The van der Waals surface area contributed by atoms with Gasteiger partial charge in [0.15, 0.2) is 0 Å². The average molecular weight is 287 g/mol. The van der Waals surface area contributed by atoms with E-state index in [9.17, 15) is 4.79 Å². The molecule has 1 rings (SSSR count). The molecule has 0 aliphatic rings. The molecule has 0 amide bonds. The van der Waals surface area contributed by atoms with Crippen LogP contribution in [0.15, 0.2) is 18.2 Å². The molecular formula is C13H21NO6. The summed E-state index contributed by atoms with van der Waals surface area (Å²) in [6.45, 7) is 3.70. The number of aliphatic hydroxyl groups excluding tert-OH is 2. The van der Waals surface area contributed by atoms with Gasteiger partial charge in [-0.3, -0.25) is 0 Å². The Kier molecular flexibility index (Phi) is 8.30. The Morgan fingerprint density at radius 1 is 1.40 bits per heavy atom. The Hall–Kier alpha value is -1.83. The van der Waals surface area contributed by atoms with Crippen LogP contribution < -0.4 is 5.73 Å². The van der Waals surface area contributed by atoms with Crippen LogP contribution in [0.4, 0.5) is 5.69 Å². The van der Waals surface area contributed by atoms with Gasteiger partial charge in [-0.2, -0.15) is 0 Å². The van der Waals surface area contributed by atoms with Gasteiger partial charge in [0.05, 0.1) is 25.4 Å². The Morgan fingerprint density at radius 3 is 2.40 bits per heavy atom. The van der Waals surface area contributed by atoms with Crippen molar-refractivity contribution in [2.24, 2.45) is 0 Å². The highest BCUT2D eigenvalue weighted by molar-refractivity contribution is 5.91. The molecule has 0 bridgehead atoms. The molecule has 2 atom stereocenters. The summed E-state index contributed by atoms with van der Waals surface area (Å²) in [7, 11) is 0. The summed E-state index contributed by atoms with van der Waals surface area (Å²) in [5.41, 5.74) is 5.48. The van der Waals surface area contributed by atoms with Crippen molar-refractivity contribution in [2.75, 3.05) is 18.9 Å². The minimum Gasteiger partial charge on any atom is -0.507 e. The van der Waals surface area contributed by atoms with Gasteiger partial charge in [0.2, 0.25) is 0 Å². The summed E-state index contributed by atoms with van der Waals surface area (Å²) in [5, 5.41) is 34.6. The number of benzene rings is 1. The van der Waals surface area contributed by atoms with Crippen LogP contribution in [0.5, 0.6) is 5.75 Å². The van der Waals surface area contributed by atoms with E-state index in [0.29, 0.717) is 12.3 Å². The molecule has 0 saturated carbocycles. The van der Waals surface area contributed by atoms with Crippen molar-refractivity contribution in [1.29, 1.82) is 0 Å². The second-order valence-electron chi connectivity index (χ2n) is 4.26. The highest BCUT2D eigenvalue weighted by Crippen LogP contribution is 2.19. The van der Waals surface area contributed by atoms with Gasteiger partial charge >= 0.3 is 5.97 Å². The fourth-order valence-corrected chi connectivity index (χ4v) is 1.09. The zero-order valence-corrected chi connectivity index (χ0v) is 11.5. The van der Waals surface area contributed by atoms with E-state index in [2.05, 4.69) is 0 Å². The van der Waals surface area contributed by atoms with Gasteiger partial charge in [0.1, 0.15) is 11.3 Å². The van der Waals surface area contributed by atoms with Crippen molar-refractivity contribution in [1.82, 2.24) is 0 Å². The number of nitrogens with two attached hydrogens (primary N) is 1. The summed E-state index contributed by atoms with van der Waals surface area (Å²) in [4.78, 5) is 10.3. The molecule has 0 aliphatic carbocycles. The Morgan fingerprint density at radius 2 is 2.00 bits per heavy atom. The first kappa shape index (κ1) is 18.2. The average Bonchev–Trinajstić information content (AvgIpc) is 2.36. The van der Waals surface area contributed by atoms with Crippen LogP contribution in [0.3, 0.4) is 0 Å². The molecule has 0 spiro atoms. The zero-order valence-electron chi connectivity index (χ0n) is 11.5. The Bertz CT molecular complexity index is 421. The lowest BCUT2D eigenvalue weighted by Gasteiger charge is -2.10. The molecule has 1 aromatic rings. The number of nitrogen functional groups attached to an aromatic ring is 1. The largest absolute Gasteiger partial charge is 0.507 e. The fourth-order valence-electron chi connectivity index (χ4n) is 1.09. The number of rotatable bonds is 5. The number of hydrogen-bond acceptors (Lipinski definition) is 6. The molecule has 0 radical (unpaired) electrons. The predicted octanol–water partition coefficient (Wildman–Crippen LogP) is 0.437. The Labute approximate surface area is 117 Å². The molecule has 0 fully saturated rings. The molecule has 2 unspecified atom stereocenters. The lowest BCUT2D eigenvalue weighted by Crippen LogP contribution is -2.19. The number of phenols is 1. The molecular weight excluding hydrogens is 266 g/mol. The van der Waals surface area contributed by atoms with E-state index in [0.717, 1.165) is 0 Å². The van der Waals surface area contributed by atoms with Gasteiger partial charge in [-0.1, -0.05) is 0 Å². The van der Waals surface area contributed by atoms with E-state index in [1.807, 2.05) is 0 Å². The van der Waals surface area contributed by atoms with E-state index in [-0.39, 0.29) is 24.0 Å². The maximum atomic E-state index is 10.3. The quantitative estimate of drug-likeness (QED) is 0.496. The summed E-state index contributed by atoms with van der Waals surface area (Å²) in [6.07, 6.45) is -0.612. The third kappa shape index (κ3) is 7.57. The van der Waals surface area contributed by atoms with Gasteiger partial charge < -0.3 is 30.9 Å². The van der Waals surface area contributed by atoms with Crippen molar-refractivity contribution in [3.63, 3.8) is 0 Å². The highest BCUT2D eigenvalue weighted by atomic mass is 16.5. The molecule has 6 N–H and O–H groups in total. The minimum absolute atomic E-state index is 0.00667. The molecule has 0 aliphatic heterocycles. The molecule has 7 nitrogen and oxygen atoms in total. The minimum atomic E-state index is -1.16. The number of anilines is 1. The molecule has 114 valence electrons. The lowest BCUT2D eigenvalue weighted by molar-refractivity contribution is -0.0177. The molecule has 20 heavy (non-hydrogen) atoms. The predicted molar refractivity (Wildman–Crippen MR) is 73.7 cm³/mol. The highest BCUT2D eigenvalue weighted by Gasteiger charge is 2.07.